The van der Waals surface area contributed by atoms with E-state index in [0.29, 0.717) is 5.78 Å². The number of nitrogens with zero attached hydrogens (tertiary/aromatic N) is 1. The van der Waals surface area contributed by atoms with Crippen molar-refractivity contribution in [3.05, 3.63) is 22.4 Å². The molecular weight excluding hydrogens is 230 g/mol. The van der Waals surface area contributed by atoms with E-state index in [1.54, 1.807) is 11.3 Å². The van der Waals surface area contributed by atoms with E-state index in [1.807, 2.05) is 17.5 Å². The Bertz CT molecular complexity index is 362. The lowest BCUT2D eigenvalue weighted by Crippen LogP contribution is -2.52. The van der Waals surface area contributed by atoms with Crippen LogP contribution in [0, 0.1) is 0 Å². The van der Waals surface area contributed by atoms with Crippen LogP contribution in [0.1, 0.15) is 49.2 Å². The zero-order valence-electron chi connectivity index (χ0n) is 10.7. The van der Waals surface area contributed by atoms with Crippen LogP contribution in [0.15, 0.2) is 17.5 Å². The number of carbonyl (C=O) groups is 1. The van der Waals surface area contributed by atoms with Gasteiger partial charge in [0.1, 0.15) is 0 Å². The van der Waals surface area contributed by atoms with Gasteiger partial charge in [-0.05, 0) is 37.4 Å². The van der Waals surface area contributed by atoms with Gasteiger partial charge in [0, 0.05) is 0 Å². The fourth-order valence-corrected chi connectivity index (χ4v) is 3.87. The Labute approximate surface area is 108 Å². The van der Waals surface area contributed by atoms with Crippen LogP contribution in [0.2, 0.25) is 0 Å². The van der Waals surface area contributed by atoms with Gasteiger partial charge < -0.3 is 0 Å². The molecule has 0 aliphatic heterocycles. The predicted molar refractivity (Wildman–Crippen MR) is 72.8 cm³/mol. The second-order valence-corrected chi connectivity index (χ2v) is 5.67. The molecule has 2 nitrogen and oxygen atoms in total. The first-order chi connectivity index (χ1) is 8.24. The van der Waals surface area contributed by atoms with Crippen LogP contribution >= 0.6 is 11.3 Å². The van der Waals surface area contributed by atoms with Crippen LogP contribution in [-0.2, 0) is 0 Å². The maximum atomic E-state index is 12.8. The average Bonchev–Trinajstić information content (AvgIpc) is 3.02. The van der Waals surface area contributed by atoms with Gasteiger partial charge in [0.15, 0.2) is 5.78 Å². The lowest BCUT2D eigenvalue weighted by Gasteiger charge is -2.38. The molecule has 0 N–H and O–H groups in total. The second-order valence-electron chi connectivity index (χ2n) is 4.72. The smallest absolute Gasteiger partial charge is 0.192 e. The van der Waals surface area contributed by atoms with Crippen molar-refractivity contribution in [2.75, 3.05) is 13.1 Å². The first kappa shape index (κ1) is 12.8. The molecule has 94 valence electrons. The Kier molecular flexibility index (Phi) is 4.00. The van der Waals surface area contributed by atoms with E-state index >= 15 is 0 Å². The van der Waals surface area contributed by atoms with Crippen LogP contribution in [-0.4, -0.2) is 29.3 Å². The number of hydrogen-bond donors (Lipinski definition) is 0. The SMILES string of the molecule is CCN(CC)C1(C(=O)c2cccs2)CCCC1. The molecule has 1 saturated carbocycles. The topological polar surface area (TPSA) is 20.3 Å². The van der Waals surface area contributed by atoms with Crippen molar-refractivity contribution < 1.29 is 4.79 Å². The molecule has 17 heavy (non-hydrogen) atoms. The van der Waals surface area contributed by atoms with Gasteiger partial charge in [-0.3, -0.25) is 9.69 Å². The fraction of sp³-hybridized carbons (Fsp3) is 0.643. The number of Topliss-reactive ketones (excluding diaryl/α,β-unsaturated/α-hetero) is 1. The van der Waals surface area contributed by atoms with Gasteiger partial charge in [0.05, 0.1) is 10.4 Å². The molecule has 0 radical (unpaired) electrons. The lowest BCUT2D eigenvalue weighted by molar-refractivity contribution is 0.0589. The highest BCUT2D eigenvalue weighted by atomic mass is 32.1. The van der Waals surface area contributed by atoms with Crippen LogP contribution in [0.3, 0.4) is 0 Å². The molecular formula is C14H21NOS. The normalized spacial score (nSPS) is 18.8. The minimum atomic E-state index is -0.200. The van der Waals surface area contributed by atoms with Crippen molar-refractivity contribution in [2.24, 2.45) is 0 Å². The van der Waals surface area contributed by atoms with Crippen LogP contribution in [0.25, 0.3) is 0 Å². The Morgan fingerprint density at radius 2 is 2.00 bits per heavy atom. The number of carbonyl (C=O) groups excluding carboxylic acids is 1. The maximum absolute atomic E-state index is 12.8. The molecule has 0 bridgehead atoms. The minimum absolute atomic E-state index is 0.200. The van der Waals surface area contributed by atoms with Crippen molar-refractivity contribution >= 4 is 17.1 Å². The summed E-state index contributed by atoms with van der Waals surface area (Å²) in [5, 5.41) is 2.00. The summed E-state index contributed by atoms with van der Waals surface area (Å²) in [6, 6.07) is 3.94. The van der Waals surface area contributed by atoms with E-state index in [9.17, 15) is 4.79 Å². The summed E-state index contributed by atoms with van der Waals surface area (Å²) in [6.07, 6.45) is 4.44. The molecule has 0 atom stereocenters. The average molecular weight is 251 g/mol. The highest BCUT2D eigenvalue weighted by Crippen LogP contribution is 2.38. The third-order valence-corrected chi connectivity index (χ3v) is 4.84. The zero-order valence-corrected chi connectivity index (χ0v) is 11.6. The second kappa shape index (κ2) is 5.32. The number of ketones is 1. The molecule has 0 aromatic carbocycles. The molecule has 0 saturated heterocycles. The third kappa shape index (κ3) is 2.18. The highest BCUT2D eigenvalue weighted by molar-refractivity contribution is 7.12. The first-order valence-electron chi connectivity index (χ1n) is 6.58. The molecule has 1 aromatic heterocycles. The van der Waals surface area contributed by atoms with Crippen molar-refractivity contribution in [3.8, 4) is 0 Å². The summed E-state index contributed by atoms with van der Waals surface area (Å²) in [5.41, 5.74) is -0.200. The molecule has 2 rings (SSSR count). The standard InChI is InChI=1S/C14H21NOS/c1-3-15(4-2)14(9-5-6-10-14)13(16)12-8-7-11-17-12/h7-8,11H,3-6,9-10H2,1-2H3. The number of hydrogen-bond acceptors (Lipinski definition) is 3. The Morgan fingerprint density at radius 3 is 2.47 bits per heavy atom. The lowest BCUT2D eigenvalue weighted by atomic mass is 9.88. The summed E-state index contributed by atoms with van der Waals surface area (Å²) in [5.74, 6) is 0.355. The largest absolute Gasteiger partial charge is 0.291 e. The zero-order chi connectivity index (χ0) is 12.3. The molecule has 3 heteroatoms. The Hall–Kier alpha value is -0.670. The van der Waals surface area contributed by atoms with E-state index < -0.39 is 0 Å². The summed E-state index contributed by atoms with van der Waals surface area (Å²) in [6.45, 7) is 6.25. The maximum Gasteiger partial charge on any atom is 0.192 e. The molecule has 1 heterocycles. The van der Waals surface area contributed by atoms with E-state index in [2.05, 4.69) is 18.7 Å². The fourth-order valence-electron chi connectivity index (χ4n) is 3.11. The van der Waals surface area contributed by atoms with Gasteiger partial charge in [-0.15, -0.1) is 11.3 Å². The van der Waals surface area contributed by atoms with Crippen LogP contribution in [0.5, 0.6) is 0 Å². The minimum Gasteiger partial charge on any atom is -0.291 e. The summed E-state index contributed by atoms with van der Waals surface area (Å²) < 4.78 is 0. The van der Waals surface area contributed by atoms with Gasteiger partial charge in [0.25, 0.3) is 0 Å². The predicted octanol–water partition coefficient (Wildman–Crippen LogP) is 3.59. The molecule has 0 spiro atoms. The number of thiophene rings is 1. The molecule has 1 aliphatic rings. The van der Waals surface area contributed by atoms with Gasteiger partial charge >= 0.3 is 0 Å². The quantitative estimate of drug-likeness (QED) is 0.745. The summed E-state index contributed by atoms with van der Waals surface area (Å²) in [4.78, 5) is 16.1. The molecule has 0 amide bonds. The molecule has 1 aliphatic carbocycles. The van der Waals surface area contributed by atoms with Crippen molar-refractivity contribution in [1.82, 2.24) is 4.90 Å². The van der Waals surface area contributed by atoms with E-state index in [0.717, 1.165) is 30.8 Å². The Morgan fingerprint density at radius 1 is 1.35 bits per heavy atom. The van der Waals surface area contributed by atoms with Crippen LogP contribution < -0.4 is 0 Å². The highest BCUT2D eigenvalue weighted by Gasteiger charge is 2.45. The van der Waals surface area contributed by atoms with Crippen molar-refractivity contribution in [3.63, 3.8) is 0 Å². The van der Waals surface area contributed by atoms with Crippen molar-refractivity contribution in [2.45, 2.75) is 45.1 Å². The Balaban J connectivity index is 2.31. The summed E-state index contributed by atoms with van der Waals surface area (Å²) in [7, 11) is 0. The van der Waals surface area contributed by atoms with Crippen LogP contribution in [0.4, 0.5) is 0 Å². The molecule has 1 fully saturated rings. The van der Waals surface area contributed by atoms with E-state index in [1.165, 1.54) is 12.8 Å². The molecule has 0 unspecified atom stereocenters. The van der Waals surface area contributed by atoms with E-state index in [4.69, 9.17) is 0 Å². The number of likely N-dealkylation sites (N-methyl/N-ethyl adjacent to an activating group) is 1. The molecule has 1 aromatic rings. The first-order valence-corrected chi connectivity index (χ1v) is 7.46. The summed E-state index contributed by atoms with van der Waals surface area (Å²) >= 11 is 1.58. The third-order valence-electron chi connectivity index (χ3n) is 3.97. The van der Waals surface area contributed by atoms with Crippen molar-refractivity contribution in [1.29, 1.82) is 0 Å². The van der Waals surface area contributed by atoms with Gasteiger partial charge in [-0.1, -0.05) is 32.8 Å². The monoisotopic (exact) mass is 251 g/mol. The number of rotatable bonds is 5. The van der Waals surface area contributed by atoms with E-state index in [-0.39, 0.29) is 5.54 Å². The van der Waals surface area contributed by atoms with Gasteiger partial charge in [-0.2, -0.15) is 0 Å². The van der Waals surface area contributed by atoms with Gasteiger partial charge in [0.2, 0.25) is 0 Å². The van der Waals surface area contributed by atoms with Gasteiger partial charge in [-0.25, -0.2) is 0 Å².